The van der Waals surface area contributed by atoms with E-state index >= 15 is 0 Å². The maximum absolute atomic E-state index is 10.5. The summed E-state index contributed by atoms with van der Waals surface area (Å²) in [6, 6.07) is 0. The van der Waals surface area contributed by atoms with E-state index in [1.54, 1.807) is 0 Å². The molecular weight excluding hydrogens is 122 g/mol. The van der Waals surface area contributed by atoms with E-state index in [0.717, 1.165) is 0 Å². The van der Waals surface area contributed by atoms with Crippen molar-refractivity contribution in [1.82, 2.24) is 0 Å². The summed E-state index contributed by atoms with van der Waals surface area (Å²) in [5.74, 6) is 0. The molecule has 0 rings (SSSR count). The minimum Gasteiger partial charge on any atom is -0.252 e. The Labute approximate surface area is 50.8 Å². The van der Waals surface area contributed by atoms with Crippen molar-refractivity contribution in [1.29, 1.82) is 0 Å². The Morgan fingerprint density at radius 1 is 1.43 bits per heavy atom. The van der Waals surface area contributed by atoms with Gasteiger partial charge in [0.1, 0.15) is 0 Å². The fourth-order valence-electron chi connectivity index (χ4n) is 0.0170. The molecule has 0 spiro atoms. The molecule has 0 aromatic heterocycles. The van der Waals surface area contributed by atoms with Crippen molar-refractivity contribution in [3.8, 4) is 0 Å². The molecule has 44 valence electrons. The predicted molar refractivity (Wildman–Crippen MR) is 22.9 cm³/mol. The van der Waals surface area contributed by atoms with Crippen LogP contribution in [0.4, 0.5) is 0 Å². The van der Waals surface area contributed by atoms with Crippen LogP contribution in [-0.4, -0.2) is 22.5 Å². The zero-order chi connectivity index (χ0) is 10.9. The minimum absolute atomic E-state index is 3.26. The highest BCUT2D eigenvalue weighted by Crippen LogP contribution is 1.85. The van der Waals surface area contributed by atoms with Gasteiger partial charge in [-0.05, 0) is 0 Å². The van der Waals surface area contributed by atoms with E-state index < -0.39 is 24.5 Å². The van der Waals surface area contributed by atoms with Crippen molar-refractivity contribution in [2.75, 3.05) is 14.1 Å². The average Bonchev–Trinajstić information content (AvgIpc) is 1.43. The third-order valence-electron chi connectivity index (χ3n) is 0.204. The van der Waals surface area contributed by atoms with Gasteiger partial charge in [-0.25, -0.2) is 0 Å². The average molecular weight is 134 g/mol. The molecule has 0 amide bonds. The first-order valence-corrected chi connectivity index (χ1v) is 2.41. The molecule has 0 fully saturated rings. The second-order valence-corrected chi connectivity index (χ2v) is 1.72. The van der Waals surface area contributed by atoms with Crippen LogP contribution in [0.2, 0.25) is 0 Å². The largest absolute Gasteiger partial charge is 0.399 e. The van der Waals surface area contributed by atoms with Gasteiger partial charge in [-0.15, -0.1) is 0 Å². The normalized spacial score (nSPS) is 28.0. The lowest BCUT2D eigenvalue weighted by molar-refractivity contribution is 0.286. The van der Waals surface area contributed by atoms with Crippen LogP contribution < -0.4 is 0 Å². The van der Waals surface area contributed by atoms with Crippen molar-refractivity contribution in [3.63, 3.8) is 0 Å². The molecule has 0 unspecified atom stereocenters. The summed E-state index contributed by atoms with van der Waals surface area (Å²) >= 11 is 0. The van der Waals surface area contributed by atoms with Gasteiger partial charge in [-0.3, -0.25) is 8.37 Å². The lowest BCUT2D eigenvalue weighted by atomic mass is 12.7. The van der Waals surface area contributed by atoms with Crippen molar-refractivity contribution in [2.45, 2.75) is 0 Å². The standard InChI is InChI=1S/C2H6O4S/c1-5-7(3,4)6-2/h1-2H3/i1+1D3,2+1D3. The summed E-state index contributed by atoms with van der Waals surface area (Å²) in [6.45, 7) is 0. The summed E-state index contributed by atoms with van der Waals surface area (Å²) in [5, 5.41) is 0. The van der Waals surface area contributed by atoms with Crippen molar-refractivity contribution < 1.29 is 25.0 Å². The summed E-state index contributed by atoms with van der Waals surface area (Å²) in [7, 11) is -11.5. The molecule has 0 aromatic carbocycles. The summed E-state index contributed by atoms with van der Waals surface area (Å²) in [6.07, 6.45) is 0. The zero-order valence-electron chi connectivity index (χ0n) is 9.04. The molecule has 5 heteroatoms. The molecule has 0 atom stereocenters. The maximum atomic E-state index is 10.5. The highest BCUT2D eigenvalue weighted by molar-refractivity contribution is 7.81. The molecule has 0 N–H and O–H groups in total. The van der Waals surface area contributed by atoms with Gasteiger partial charge < -0.3 is 0 Å². The summed E-state index contributed by atoms with van der Waals surface area (Å²) in [5.41, 5.74) is 0. The Kier molecular flexibility index (Phi) is 0.539. The van der Waals surface area contributed by atoms with Gasteiger partial charge in [0.25, 0.3) is 0 Å². The molecule has 0 saturated heterocycles. The molecular formula is C2H6O4S. The van der Waals surface area contributed by atoms with Crippen molar-refractivity contribution >= 4 is 10.4 Å². The van der Waals surface area contributed by atoms with Gasteiger partial charge in [0, 0.05) is 0 Å². The second-order valence-electron chi connectivity index (χ2n) is 0.575. The quantitative estimate of drug-likeness (QED) is 0.479. The maximum Gasteiger partial charge on any atom is 0.399 e. The van der Waals surface area contributed by atoms with Gasteiger partial charge in [-0.2, -0.15) is 8.42 Å². The van der Waals surface area contributed by atoms with Gasteiger partial charge in [0.2, 0.25) is 0 Å². The van der Waals surface area contributed by atoms with E-state index in [4.69, 9.17) is 8.22 Å². The Morgan fingerprint density at radius 3 is 2.14 bits per heavy atom. The summed E-state index contributed by atoms with van der Waals surface area (Å²) < 4.78 is 66.0. The van der Waals surface area contributed by atoms with Gasteiger partial charge >= 0.3 is 10.4 Å². The van der Waals surface area contributed by atoms with E-state index in [1.165, 1.54) is 0 Å². The Hall–Kier alpha value is -0.130. The Balaban J connectivity index is 4.46. The van der Waals surface area contributed by atoms with Crippen molar-refractivity contribution in [2.24, 2.45) is 0 Å². The van der Waals surface area contributed by atoms with Crippen LogP contribution in [0.25, 0.3) is 0 Å². The summed E-state index contributed by atoms with van der Waals surface area (Å²) in [4.78, 5) is 0. The third kappa shape index (κ3) is 2.55. The Bertz CT molecular complexity index is 237. The first kappa shape index (κ1) is 1.68. The van der Waals surface area contributed by atoms with Gasteiger partial charge in [0.05, 0.1) is 22.3 Å². The lowest BCUT2D eigenvalue weighted by Crippen LogP contribution is -2.02. The minimum atomic E-state index is -5.02. The molecule has 0 heterocycles. The molecule has 0 radical (unpaired) electrons. The molecule has 0 aliphatic rings. The van der Waals surface area contributed by atoms with Gasteiger partial charge in [0.15, 0.2) is 0 Å². The van der Waals surface area contributed by atoms with E-state index in [2.05, 4.69) is 8.37 Å². The monoisotopic (exact) mass is 134 g/mol. The fraction of sp³-hybridized carbons (Fsp3) is 1.00. The second kappa shape index (κ2) is 2.25. The van der Waals surface area contributed by atoms with Crippen LogP contribution in [-0.2, 0) is 18.8 Å². The first-order chi connectivity index (χ1) is 5.41. The molecule has 7 heavy (non-hydrogen) atoms. The van der Waals surface area contributed by atoms with E-state index in [9.17, 15) is 8.42 Å². The number of hydrogen-bond donors (Lipinski definition) is 0. The topological polar surface area (TPSA) is 52.6 Å². The lowest BCUT2D eigenvalue weighted by Gasteiger charge is -1.91. The van der Waals surface area contributed by atoms with Crippen LogP contribution >= 0.6 is 0 Å². The van der Waals surface area contributed by atoms with E-state index in [-0.39, 0.29) is 0 Å². The highest BCUT2D eigenvalue weighted by Gasteiger charge is 2.01. The smallest absolute Gasteiger partial charge is 0.252 e. The van der Waals surface area contributed by atoms with E-state index in [0.29, 0.717) is 0 Å². The molecule has 0 bridgehead atoms. The zero-order valence-corrected chi connectivity index (χ0v) is 3.86. The predicted octanol–water partition coefficient (Wildman–Crippen LogP) is -0.476. The number of hydrogen-bond acceptors (Lipinski definition) is 4. The highest BCUT2D eigenvalue weighted by atomic mass is 32.3. The third-order valence-corrected chi connectivity index (χ3v) is 0.612. The fourth-order valence-corrected chi connectivity index (χ4v) is 0.0510. The van der Waals surface area contributed by atoms with Crippen LogP contribution in [0.1, 0.15) is 8.22 Å². The molecule has 0 aliphatic heterocycles. The van der Waals surface area contributed by atoms with Gasteiger partial charge in [-0.1, -0.05) is 0 Å². The molecule has 0 saturated carbocycles. The number of rotatable bonds is 2. The van der Waals surface area contributed by atoms with Crippen LogP contribution in [0, 0.1) is 0 Å². The first-order valence-electron chi connectivity index (χ1n) is 4.07. The SMILES string of the molecule is [2H][13C]([2H])([2H])OS(=O)(=O)O[13C]([2H])([2H])[2H]. The van der Waals surface area contributed by atoms with Crippen molar-refractivity contribution in [3.05, 3.63) is 0 Å². The Morgan fingerprint density at radius 2 is 1.86 bits per heavy atom. The molecule has 4 nitrogen and oxygen atoms in total. The van der Waals surface area contributed by atoms with Crippen LogP contribution in [0.3, 0.4) is 0 Å². The molecule has 0 aliphatic carbocycles. The molecule has 0 aromatic rings. The van der Waals surface area contributed by atoms with Crippen LogP contribution in [0.15, 0.2) is 0 Å². The van der Waals surface area contributed by atoms with E-state index in [1.807, 2.05) is 0 Å². The van der Waals surface area contributed by atoms with Crippen LogP contribution in [0.5, 0.6) is 0 Å².